The average Bonchev–Trinajstić information content (AvgIpc) is 3.05. The third-order valence-corrected chi connectivity index (χ3v) is 11.3. The van der Waals surface area contributed by atoms with Crippen molar-refractivity contribution >= 4 is 10.3 Å². The smallest absolute Gasteiger partial charge is 0.0976 e. The van der Waals surface area contributed by atoms with E-state index in [-0.39, 0.29) is 17.5 Å². The maximum absolute atomic E-state index is 10.3. The molecule has 1 heterocycles. The Labute approximate surface area is 180 Å². The zero-order chi connectivity index (χ0) is 21.6. The molecule has 3 nitrogen and oxygen atoms in total. The zero-order valence-corrected chi connectivity index (χ0v) is 20.8. The zero-order valence-electron chi connectivity index (χ0n) is 20.0. The first kappa shape index (κ1) is 23.1. The van der Waals surface area contributed by atoms with Gasteiger partial charge in [-0.1, -0.05) is 54.4 Å². The van der Waals surface area contributed by atoms with Crippen molar-refractivity contribution in [3.8, 4) is 0 Å². The first-order chi connectivity index (χ1) is 13.4. The van der Waals surface area contributed by atoms with Crippen molar-refractivity contribution in [2.24, 2.45) is 5.41 Å². The second-order valence-corrected chi connectivity index (χ2v) is 14.9. The van der Waals surface area contributed by atoms with Crippen LogP contribution in [0.5, 0.6) is 0 Å². The Balaban J connectivity index is 2.18. The monoisotopic (exact) mass is 421 g/mol. The predicted molar refractivity (Wildman–Crippen MR) is 126 cm³/mol. The first-order valence-electron chi connectivity index (χ1n) is 11.5. The van der Waals surface area contributed by atoms with Gasteiger partial charge >= 0.3 is 0 Å². The molecule has 2 aliphatic carbocycles. The summed E-state index contributed by atoms with van der Waals surface area (Å²) >= 11 is 0. The van der Waals surface area contributed by atoms with Gasteiger partial charge in [-0.3, -0.25) is 4.98 Å². The Bertz CT molecular complexity index is 742. The van der Waals surface area contributed by atoms with Crippen molar-refractivity contribution in [2.45, 2.75) is 110 Å². The van der Waals surface area contributed by atoms with E-state index < -0.39 is 10.3 Å². The molecule has 0 amide bonds. The molecule has 1 aromatic rings. The minimum Gasteiger partial charge on any atom is -0.392 e. The quantitative estimate of drug-likeness (QED) is 0.582. The number of hydrogen-bond donors (Lipinski definition) is 1. The molecular weight excluding hydrogens is 378 g/mol. The van der Waals surface area contributed by atoms with Gasteiger partial charge in [-0.25, -0.2) is 0 Å². The normalized spacial score (nSPS) is 22.3. The summed E-state index contributed by atoms with van der Waals surface area (Å²) in [5, 5.41) is 10.3. The van der Waals surface area contributed by atoms with E-state index in [1.807, 2.05) is 0 Å². The van der Waals surface area contributed by atoms with E-state index in [9.17, 15) is 5.11 Å². The van der Waals surface area contributed by atoms with E-state index in [0.717, 1.165) is 30.5 Å². The topological polar surface area (TPSA) is 42.4 Å². The number of pyridine rings is 1. The van der Waals surface area contributed by atoms with Crippen LogP contribution in [-0.2, 0) is 23.6 Å². The van der Waals surface area contributed by atoms with E-state index in [1.54, 1.807) is 0 Å². The van der Waals surface area contributed by atoms with Crippen molar-refractivity contribution < 1.29 is 9.29 Å². The van der Waals surface area contributed by atoms with Crippen LogP contribution in [0.1, 0.15) is 114 Å². The molecule has 0 aliphatic heterocycles. The number of hydrogen-bond acceptors (Lipinski definition) is 3. The molecule has 29 heavy (non-hydrogen) atoms. The molecule has 1 N–H and O–H groups in total. The molecule has 2 aliphatic rings. The Morgan fingerprint density at radius 1 is 1.17 bits per heavy atom. The molecule has 3 rings (SSSR count). The van der Waals surface area contributed by atoms with Gasteiger partial charge in [-0.05, 0) is 61.5 Å². The first-order valence-corrected chi connectivity index (χ1v) is 13.9. The number of aliphatic hydroxyl groups is 1. The van der Waals surface area contributed by atoms with E-state index in [2.05, 4.69) is 54.1 Å². The fourth-order valence-corrected chi connectivity index (χ4v) is 6.32. The van der Waals surface area contributed by atoms with E-state index >= 15 is 0 Å². The van der Waals surface area contributed by atoms with E-state index in [1.165, 1.54) is 42.5 Å². The Kier molecular flexibility index (Phi) is 6.50. The standard InChI is InChI=1S/C25H43NO2S/c1-9-18-19(16-27)23(17(2)3)26-20-14-25(12-10-11-13-25)15-21(22(18)20)28-29(7,8)24(4,5)6/h17,21,27H,9-16H2,1-8H3. The summed E-state index contributed by atoms with van der Waals surface area (Å²) in [5.74, 6) is 0.324. The van der Waals surface area contributed by atoms with Gasteiger partial charge in [0.15, 0.2) is 0 Å². The molecule has 1 fully saturated rings. The van der Waals surface area contributed by atoms with E-state index in [0.29, 0.717) is 11.3 Å². The highest BCUT2D eigenvalue weighted by Crippen LogP contribution is 2.61. The lowest BCUT2D eigenvalue weighted by Crippen LogP contribution is -2.35. The molecule has 166 valence electrons. The lowest BCUT2D eigenvalue weighted by Gasteiger charge is -2.49. The van der Waals surface area contributed by atoms with Gasteiger partial charge in [0.05, 0.1) is 12.7 Å². The maximum atomic E-state index is 10.3. The SMILES string of the molecule is CCc1c(CO)c(C(C)C)nc2c1C(OS(C)(C)C(C)(C)C)CC1(CCCC1)C2. The summed E-state index contributed by atoms with van der Waals surface area (Å²) in [5.41, 5.74) is 6.41. The molecule has 1 spiro atoms. The minimum atomic E-state index is -1.25. The van der Waals surface area contributed by atoms with Crippen molar-refractivity contribution in [2.75, 3.05) is 12.5 Å². The second-order valence-electron chi connectivity index (χ2n) is 11.0. The van der Waals surface area contributed by atoms with Crippen molar-refractivity contribution in [1.82, 2.24) is 4.98 Å². The summed E-state index contributed by atoms with van der Waals surface area (Å²) in [6.07, 6.45) is 13.2. The fourth-order valence-electron chi connectivity index (χ4n) is 5.28. The molecule has 1 atom stereocenters. The summed E-state index contributed by atoms with van der Waals surface area (Å²) in [7, 11) is -1.25. The van der Waals surface area contributed by atoms with Gasteiger partial charge < -0.3 is 9.29 Å². The predicted octanol–water partition coefficient (Wildman–Crippen LogP) is 6.60. The van der Waals surface area contributed by atoms with Gasteiger partial charge in [-0.2, -0.15) is 0 Å². The minimum absolute atomic E-state index is 0.0738. The number of aliphatic hydroxyl groups excluding tert-OH is 1. The average molecular weight is 422 g/mol. The highest BCUT2D eigenvalue weighted by atomic mass is 32.3. The molecule has 4 heteroatoms. The van der Waals surface area contributed by atoms with Crippen LogP contribution in [0.3, 0.4) is 0 Å². The summed E-state index contributed by atoms with van der Waals surface area (Å²) in [6.45, 7) is 13.6. The van der Waals surface area contributed by atoms with Crippen LogP contribution >= 0.6 is 10.3 Å². The summed E-state index contributed by atoms with van der Waals surface area (Å²) in [6, 6.07) is 0. The lowest BCUT2D eigenvalue weighted by molar-refractivity contribution is 0.111. The van der Waals surface area contributed by atoms with E-state index in [4.69, 9.17) is 9.17 Å². The molecule has 1 aromatic heterocycles. The second kappa shape index (κ2) is 8.16. The summed E-state index contributed by atoms with van der Waals surface area (Å²) < 4.78 is 7.19. The Morgan fingerprint density at radius 3 is 2.28 bits per heavy atom. The number of rotatable bonds is 5. The van der Waals surface area contributed by atoms with Gasteiger partial charge in [-0.15, -0.1) is 10.3 Å². The van der Waals surface area contributed by atoms with Crippen molar-refractivity contribution in [3.63, 3.8) is 0 Å². The molecule has 0 radical (unpaired) electrons. The van der Waals surface area contributed by atoms with Crippen LogP contribution in [0.2, 0.25) is 0 Å². The Morgan fingerprint density at radius 2 is 1.79 bits per heavy atom. The molecule has 1 saturated carbocycles. The molecule has 1 unspecified atom stereocenters. The molecule has 0 saturated heterocycles. The van der Waals surface area contributed by atoms with Crippen LogP contribution in [0.4, 0.5) is 0 Å². The largest absolute Gasteiger partial charge is 0.392 e. The van der Waals surface area contributed by atoms with Gasteiger partial charge in [0, 0.05) is 27.3 Å². The van der Waals surface area contributed by atoms with Crippen LogP contribution in [0, 0.1) is 5.41 Å². The van der Waals surface area contributed by atoms with Gasteiger partial charge in [0.1, 0.15) is 0 Å². The third kappa shape index (κ3) is 4.27. The maximum Gasteiger partial charge on any atom is 0.0976 e. The lowest BCUT2D eigenvalue weighted by atomic mass is 9.69. The number of nitrogens with zero attached hydrogens (tertiary/aromatic N) is 1. The molecule has 0 aromatic carbocycles. The third-order valence-electron chi connectivity index (χ3n) is 7.60. The van der Waals surface area contributed by atoms with Gasteiger partial charge in [0.25, 0.3) is 0 Å². The van der Waals surface area contributed by atoms with Crippen LogP contribution in [0.15, 0.2) is 0 Å². The van der Waals surface area contributed by atoms with Crippen LogP contribution in [-0.4, -0.2) is 27.3 Å². The van der Waals surface area contributed by atoms with Crippen LogP contribution < -0.4 is 0 Å². The van der Waals surface area contributed by atoms with Crippen molar-refractivity contribution in [1.29, 1.82) is 0 Å². The van der Waals surface area contributed by atoms with Crippen LogP contribution in [0.25, 0.3) is 0 Å². The van der Waals surface area contributed by atoms with Gasteiger partial charge in [0.2, 0.25) is 0 Å². The molecular formula is C25H43NO2S. The number of fused-ring (bicyclic) bond motifs is 1. The van der Waals surface area contributed by atoms with Crippen molar-refractivity contribution in [3.05, 3.63) is 28.1 Å². The fraction of sp³-hybridized carbons (Fsp3) is 0.800. The number of aromatic nitrogens is 1. The molecule has 0 bridgehead atoms. The summed E-state index contributed by atoms with van der Waals surface area (Å²) in [4.78, 5) is 5.22. The highest BCUT2D eigenvalue weighted by Gasteiger charge is 2.45. The highest BCUT2D eigenvalue weighted by molar-refractivity contribution is 8.29. The Hall–Kier alpha value is -0.580.